The van der Waals surface area contributed by atoms with Crippen molar-refractivity contribution in [3.63, 3.8) is 0 Å². The van der Waals surface area contributed by atoms with Crippen LogP contribution in [0.4, 0.5) is 28.2 Å². The number of benzene rings is 2. The van der Waals surface area contributed by atoms with Gasteiger partial charge in [0.2, 0.25) is 5.82 Å². The molecule has 0 unspecified atom stereocenters. The van der Waals surface area contributed by atoms with Crippen LogP contribution in [0.2, 0.25) is 0 Å². The van der Waals surface area contributed by atoms with Gasteiger partial charge in [0.1, 0.15) is 17.9 Å². The van der Waals surface area contributed by atoms with Crippen LogP contribution in [0.25, 0.3) is 27.5 Å². The normalized spacial score (nSPS) is 21.2. The summed E-state index contributed by atoms with van der Waals surface area (Å²) in [5.74, 6) is -2.47. The number of anilines is 1. The first-order valence-electron chi connectivity index (χ1n) is 14.5. The van der Waals surface area contributed by atoms with Crippen LogP contribution in [0.1, 0.15) is 32.5 Å². The van der Waals surface area contributed by atoms with E-state index in [1.54, 1.807) is 18.7 Å². The van der Waals surface area contributed by atoms with E-state index in [2.05, 4.69) is 19.9 Å². The lowest BCUT2D eigenvalue weighted by atomic mass is 10.1. The molecule has 2 aliphatic rings. The van der Waals surface area contributed by atoms with E-state index >= 15 is 4.39 Å². The first-order chi connectivity index (χ1) is 21.3. The number of carbonyl (C=O) groups is 1. The van der Waals surface area contributed by atoms with Crippen LogP contribution in [0, 0.1) is 5.82 Å². The predicted molar refractivity (Wildman–Crippen MR) is 158 cm³/mol. The molecule has 11 nitrogen and oxygen atoms in total. The Morgan fingerprint density at radius 1 is 1.04 bits per heavy atom. The van der Waals surface area contributed by atoms with Crippen molar-refractivity contribution in [3.8, 4) is 11.7 Å². The first kappa shape index (κ1) is 30.5. The Bertz CT molecular complexity index is 1830. The maximum atomic E-state index is 15.1. The third kappa shape index (κ3) is 5.49. The summed E-state index contributed by atoms with van der Waals surface area (Å²) in [6.07, 6.45) is -4.45. The SMILES string of the molecule is C[C@H]1CN(C(=O)O)C[C@H](C)N1c1nc(OC[C@@H]2CCCN2C)nc2c(=O)n(-c3cccc4cccc(F)c34)c(C(F)(F)F)nc12. The molecule has 2 fully saturated rings. The molecule has 45 heavy (non-hydrogen) atoms. The highest BCUT2D eigenvalue weighted by Gasteiger charge is 2.41. The van der Waals surface area contributed by atoms with Gasteiger partial charge in [-0.05, 0) is 57.8 Å². The largest absolute Gasteiger partial charge is 0.465 e. The molecule has 15 heteroatoms. The van der Waals surface area contributed by atoms with E-state index < -0.39 is 52.6 Å². The lowest BCUT2D eigenvalue weighted by Crippen LogP contribution is -2.58. The van der Waals surface area contributed by atoms with Gasteiger partial charge >= 0.3 is 18.3 Å². The number of aromatic nitrogens is 4. The molecule has 0 bridgehead atoms. The Morgan fingerprint density at radius 2 is 1.73 bits per heavy atom. The van der Waals surface area contributed by atoms with Crippen LogP contribution >= 0.6 is 0 Å². The van der Waals surface area contributed by atoms with Gasteiger partial charge in [0, 0.05) is 36.6 Å². The molecule has 238 valence electrons. The van der Waals surface area contributed by atoms with Gasteiger partial charge in [-0.25, -0.2) is 14.2 Å². The maximum Gasteiger partial charge on any atom is 0.450 e. The van der Waals surface area contributed by atoms with E-state index in [9.17, 15) is 27.9 Å². The number of likely N-dealkylation sites (tertiary alicyclic amines) is 1. The van der Waals surface area contributed by atoms with Gasteiger partial charge in [-0.1, -0.05) is 24.3 Å². The molecule has 2 aromatic heterocycles. The number of nitrogens with zero attached hydrogens (tertiary/aromatic N) is 7. The first-order valence-corrected chi connectivity index (χ1v) is 14.5. The molecule has 6 rings (SSSR count). The second-order valence-corrected chi connectivity index (χ2v) is 11.6. The predicted octanol–water partition coefficient (Wildman–Crippen LogP) is 4.54. The number of alkyl halides is 3. The number of fused-ring (bicyclic) bond motifs is 2. The molecule has 0 radical (unpaired) electrons. The minimum Gasteiger partial charge on any atom is -0.465 e. The molecule has 0 aliphatic carbocycles. The van der Waals surface area contributed by atoms with E-state index in [4.69, 9.17) is 4.74 Å². The summed E-state index contributed by atoms with van der Waals surface area (Å²) in [6.45, 7) is 4.53. The zero-order valence-electron chi connectivity index (χ0n) is 24.8. The van der Waals surface area contributed by atoms with Crippen LogP contribution in [-0.2, 0) is 6.18 Å². The van der Waals surface area contributed by atoms with Crippen molar-refractivity contribution in [1.82, 2.24) is 29.3 Å². The van der Waals surface area contributed by atoms with Gasteiger partial charge in [-0.2, -0.15) is 23.1 Å². The fourth-order valence-corrected chi connectivity index (χ4v) is 6.41. The molecule has 2 saturated heterocycles. The van der Waals surface area contributed by atoms with Gasteiger partial charge < -0.3 is 24.5 Å². The number of hydrogen-bond donors (Lipinski definition) is 1. The Labute approximate surface area is 254 Å². The van der Waals surface area contributed by atoms with E-state index in [0.717, 1.165) is 25.5 Å². The van der Waals surface area contributed by atoms with Gasteiger partial charge in [0.15, 0.2) is 11.3 Å². The summed E-state index contributed by atoms with van der Waals surface area (Å²) in [4.78, 5) is 43.6. The number of likely N-dealkylation sites (N-methyl/N-ethyl adjacent to an activating group) is 1. The minimum atomic E-state index is -5.14. The summed E-state index contributed by atoms with van der Waals surface area (Å²) < 4.78 is 65.7. The van der Waals surface area contributed by atoms with Gasteiger partial charge in [-0.15, -0.1) is 0 Å². The highest BCUT2D eigenvalue weighted by Crippen LogP contribution is 2.36. The zero-order chi connectivity index (χ0) is 32.2. The average molecular weight is 630 g/mol. The Kier molecular flexibility index (Phi) is 7.75. The Morgan fingerprint density at radius 3 is 2.36 bits per heavy atom. The van der Waals surface area contributed by atoms with Crippen molar-refractivity contribution in [3.05, 3.63) is 58.4 Å². The van der Waals surface area contributed by atoms with Crippen molar-refractivity contribution in [2.75, 3.05) is 38.2 Å². The Hall–Kier alpha value is -4.53. The quantitative estimate of drug-likeness (QED) is 0.318. The molecule has 3 atom stereocenters. The van der Waals surface area contributed by atoms with E-state index in [1.807, 2.05) is 7.05 Å². The molecule has 4 heterocycles. The van der Waals surface area contributed by atoms with Crippen LogP contribution in [0.5, 0.6) is 6.01 Å². The highest BCUT2D eigenvalue weighted by molar-refractivity contribution is 5.92. The van der Waals surface area contributed by atoms with Gasteiger partial charge in [0.05, 0.1) is 5.69 Å². The molecule has 1 amide bonds. The highest BCUT2D eigenvalue weighted by atomic mass is 19.4. The molecule has 1 N–H and O–H groups in total. The summed E-state index contributed by atoms with van der Waals surface area (Å²) in [6, 6.07) is 6.94. The third-order valence-electron chi connectivity index (χ3n) is 8.52. The lowest BCUT2D eigenvalue weighted by molar-refractivity contribution is -0.146. The minimum absolute atomic E-state index is 0.0344. The van der Waals surface area contributed by atoms with Gasteiger partial charge in [-0.3, -0.25) is 9.36 Å². The molecule has 0 saturated carbocycles. The number of rotatable bonds is 5. The molecule has 0 spiro atoms. The number of ether oxygens (including phenoxy) is 1. The zero-order valence-corrected chi connectivity index (χ0v) is 24.8. The van der Waals surface area contributed by atoms with E-state index in [0.29, 0.717) is 9.95 Å². The smallest absolute Gasteiger partial charge is 0.450 e. The summed E-state index contributed by atoms with van der Waals surface area (Å²) in [7, 11) is 1.95. The van der Waals surface area contributed by atoms with Crippen LogP contribution in [-0.4, -0.2) is 91.9 Å². The summed E-state index contributed by atoms with van der Waals surface area (Å²) in [5.41, 5.74) is -2.39. The van der Waals surface area contributed by atoms with Crippen LogP contribution < -0.4 is 15.2 Å². The molecule has 4 aromatic rings. The van der Waals surface area contributed by atoms with Crippen molar-refractivity contribution in [2.24, 2.45) is 0 Å². The van der Waals surface area contributed by atoms with E-state index in [-0.39, 0.29) is 48.6 Å². The third-order valence-corrected chi connectivity index (χ3v) is 8.52. The molecular formula is C30H31F4N7O4. The van der Waals surface area contributed by atoms with Crippen molar-refractivity contribution in [1.29, 1.82) is 0 Å². The molecule has 2 aromatic carbocycles. The maximum absolute atomic E-state index is 15.1. The number of halogens is 4. The fraction of sp³-hybridized carbons (Fsp3) is 0.433. The second kappa shape index (κ2) is 11.4. The summed E-state index contributed by atoms with van der Waals surface area (Å²) in [5, 5.41) is 9.69. The topological polar surface area (TPSA) is 117 Å². The molecule has 2 aliphatic heterocycles. The summed E-state index contributed by atoms with van der Waals surface area (Å²) >= 11 is 0. The van der Waals surface area contributed by atoms with Crippen molar-refractivity contribution in [2.45, 2.75) is 51.0 Å². The lowest BCUT2D eigenvalue weighted by Gasteiger charge is -2.44. The number of carboxylic acid groups (broad SMARTS) is 1. The number of amides is 1. The average Bonchev–Trinajstić information content (AvgIpc) is 3.39. The standard InChI is InChI=1S/C30H31F4N7O4/c1-16-13-39(29(43)44)14-17(2)40(16)25-23-24(36-28(37-25)45-15-19-9-6-12-38(19)3)26(42)41(27(35-23)30(32,33)34)21-11-5-8-18-7-4-10-20(31)22(18)21/h4-5,7-8,10-11,16-17,19H,6,9,12-15H2,1-3H3,(H,43,44)/t16-,17-,19-/m0/s1. The van der Waals surface area contributed by atoms with Crippen LogP contribution in [0.15, 0.2) is 41.2 Å². The Balaban J connectivity index is 1.61. The molecular weight excluding hydrogens is 598 g/mol. The van der Waals surface area contributed by atoms with Crippen molar-refractivity contribution >= 4 is 33.7 Å². The second-order valence-electron chi connectivity index (χ2n) is 11.6. The van der Waals surface area contributed by atoms with Crippen molar-refractivity contribution < 1.29 is 32.2 Å². The fourth-order valence-electron chi connectivity index (χ4n) is 6.41. The number of hydrogen-bond acceptors (Lipinski definition) is 8. The van der Waals surface area contributed by atoms with E-state index in [1.165, 1.54) is 35.2 Å². The van der Waals surface area contributed by atoms with Crippen LogP contribution in [0.3, 0.4) is 0 Å². The number of piperazine rings is 1. The monoisotopic (exact) mass is 629 g/mol. The van der Waals surface area contributed by atoms with Gasteiger partial charge in [0.25, 0.3) is 5.56 Å².